The van der Waals surface area contributed by atoms with Gasteiger partial charge in [0.2, 0.25) is 0 Å². The summed E-state index contributed by atoms with van der Waals surface area (Å²) in [5, 5.41) is 17.8. The number of hydrogen-bond acceptors (Lipinski definition) is 7. The minimum absolute atomic E-state index is 0.0189. The van der Waals surface area contributed by atoms with Crippen molar-refractivity contribution < 1.29 is 27.5 Å². The second-order valence-electron chi connectivity index (χ2n) is 15.3. The average Bonchev–Trinajstić information content (AvgIpc) is 3.57. The van der Waals surface area contributed by atoms with Crippen LogP contribution in [0.15, 0.2) is 42.7 Å². The number of nitriles is 1. The molecule has 0 radical (unpaired) electrons. The lowest BCUT2D eigenvalue weighted by atomic mass is 9.57. The van der Waals surface area contributed by atoms with E-state index in [-0.39, 0.29) is 35.1 Å². The van der Waals surface area contributed by atoms with E-state index in [0.717, 1.165) is 24.2 Å². The van der Waals surface area contributed by atoms with Crippen LogP contribution in [0.3, 0.4) is 0 Å². The molecule has 4 aliphatic rings. The van der Waals surface area contributed by atoms with Crippen LogP contribution in [-0.4, -0.2) is 63.4 Å². The first-order valence-corrected chi connectivity index (χ1v) is 16.7. The van der Waals surface area contributed by atoms with E-state index < -0.39 is 28.7 Å². The number of halogens is 3. The van der Waals surface area contributed by atoms with E-state index in [9.17, 15) is 28.0 Å². The molecule has 1 saturated carbocycles. The molecule has 258 valence electrons. The highest BCUT2D eigenvalue weighted by Crippen LogP contribution is 2.51. The van der Waals surface area contributed by atoms with E-state index in [1.807, 2.05) is 55.5 Å². The fourth-order valence-corrected chi connectivity index (χ4v) is 8.02. The zero-order valence-electron chi connectivity index (χ0n) is 28.2. The molecule has 0 bridgehead atoms. The van der Waals surface area contributed by atoms with Crippen molar-refractivity contribution in [3.05, 3.63) is 70.8 Å². The second-order valence-corrected chi connectivity index (χ2v) is 15.3. The Morgan fingerprint density at radius 1 is 1.08 bits per heavy atom. The molecule has 0 N–H and O–H groups in total. The van der Waals surface area contributed by atoms with Crippen molar-refractivity contribution in [3.63, 3.8) is 0 Å². The number of alkyl halides is 3. The SMILES string of the molecule is Cn1cnnc1CC1(c2cccc(N3Cc4c(cc(N5CC6(CCN(C(=O)OC(C)(C)C)CC6)C5)cc4C(F)(F)F)C3=O)c2)CC(C#N)C1. The van der Waals surface area contributed by atoms with Crippen LogP contribution in [0.25, 0.3) is 0 Å². The third kappa shape index (κ3) is 5.99. The van der Waals surface area contributed by atoms with Gasteiger partial charge in [-0.2, -0.15) is 18.4 Å². The van der Waals surface area contributed by atoms with Crippen LogP contribution in [0.2, 0.25) is 0 Å². The molecule has 3 aliphatic heterocycles. The molecule has 0 atom stereocenters. The minimum atomic E-state index is -4.64. The molecule has 13 heteroatoms. The van der Waals surface area contributed by atoms with Crippen molar-refractivity contribution >= 4 is 23.4 Å². The molecule has 1 spiro atoms. The smallest absolute Gasteiger partial charge is 0.416 e. The fraction of sp³-hybridized carbons (Fsp3) is 0.528. The Morgan fingerprint density at radius 2 is 1.80 bits per heavy atom. The van der Waals surface area contributed by atoms with Crippen molar-refractivity contribution in [1.82, 2.24) is 19.7 Å². The quantitative estimate of drug-likeness (QED) is 0.315. The number of likely N-dealkylation sites (tertiary alicyclic amines) is 1. The van der Waals surface area contributed by atoms with Crippen LogP contribution < -0.4 is 9.80 Å². The molecule has 0 unspecified atom stereocenters. The van der Waals surface area contributed by atoms with E-state index in [1.54, 1.807) is 23.4 Å². The molecule has 4 heterocycles. The first kappa shape index (κ1) is 32.9. The lowest BCUT2D eigenvalue weighted by Gasteiger charge is -2.55. The van der Waals surface area contributed by atoms with E-state index in [4.69, 9.17) is 4.74 Å². The molecular weight excluding hydrogens is 635 g/mol. The van der Waals surface area contributed by atoms with Crippen LogP contribution in [-0.2, 0) is 36.3 Å². The van der Waals surface area contributed by atoms with Crippen molar-refractivity contribution in [3.8, 4) is 6.07 Å². The van der Waals surface area contributed by atoms with Gasteiger partial charge in [0.25, 0.3) is 5.91 Å². The van der Waals surface area contributed by atoms with Crippen LogP contribution >= 0.6 is 0 Å². The van der Waals surface area contributed by atoms with E-state index in [1.165, 1.54) is 11.0 Å². The van der Waals surface area contributed by atoms with E-state index in [0.29, 0.717) is 56.8 Å². The highest BCUT2D eigenvalue weighted by atomic mass is 19.4. The standard InChI is InChI=1S/C36H40F3N7O3/c1-33(2,3)49-32(48)44-10-8-34(9-11-44)20-45(21-34)26-13-27-28(29(14-26)36(37,38)39)19-46(31(27)47)25-7-5-6-24(12-25)35(15-23(16-35)18-40)17-30-42-41-22-43(30)4/h5-7,12-14,22-23H,8-11,15-17,19-21H2,1-4H3. The van der Waals surface area contributed by atoms with Gasteiger partial charge in [0.1, 0.15) is 17.8 Å². The topological polar surface area (TPSA) is 108 Å². The number of carbonyl (C=O) groups is 2. The number of hydrogen-bond donors (Lipinski definition) is 0. The summed E-state index contributed by atoms with van der Waals surface area (Å²) in [7, 11) is 1.86. The molecule has 1 aromatic heterocycles. The maximum absolute atomic E-state index is 14.6. The van der Waals surface area contributed by atoms with E-state index >= 15 is 0 Å². The highest BCUT2D eigenvalue weighted by molar-refractivity contribution is 6.11. The zero-order valence-corrected chi connectivity index (χ0v) is 28.2. The van der Waals surface area contributed by atoms with Crippen molar-refractivity contribution in [2.75, 3.05) is 36.0 Å². The largest absolute Gasteiger partial charge is 0.444 e. The predicted octanol–water partition coefficient (Wildman–Crippen LogP) is 6.25. The first-order chi connectivity index (χ1) is 23.1. The number of benzene rings is 2. The molecular formula is C36H40F3N7O3. The van der Waals surface area contributed by atoms with Crippen molar-refractivity contribution in [2.45, 2.75) is 76.6 Å². The van der Waals surface area contributed by atoms with Crippen LogP contribution in [0.4, 0.5) is 29.3 Å². The number of aryl methyl sites for hydroxylation is 1. The summed E-state index contributed by atoms with van der Waals surface area (Å²) in [6, 6.07) is 12.5. The van der Waals surface area contributed by atoms with Crippen LogP contribution in [0, 0.1) is 22.7 Å². The Morgan fingerprint density at radius 3 is 2.41 bits per heavy atom. The molecule has 1 aliphatic carbocycles. The number of anilines is 2. The average molecular weight is 676 g/mol. The zero-order chi connectivity index (χ0) is 34.9. The van der Waals surface area contributed by atoms with Crippen LogP contribution in [0.1, 0.15) is 79.3 Å². The van der Waals surface area contributed by atoms with Gasteiger partial charge in [0.15, 0.2) is 0 Å². The first-order valence-electron chi connectivity index (χ1n) is 16.7. The Balaban J connectivity index is 1.11. The molecule has 49 heavy (non-hydrogen) atoms. The molecule has 7 rings (SSSR count). The number of aromatic nitrogens is 3. The monoisotopic (exact) mass is 675 g/mol. The molecule has 2 amide bonds. The lowest BCUT2D eigenvalue weighted by Crippen LogP contribution is -2.61. The van der Waals surface area contributed by atoms with Gasteiger partial charge in [-0.25, -0.2) is 4.79 Å². The molecule has 2 saturated heterocycles. The maximum atomic E-state index is 14.6. The van der Waals surface area contributed by atoms with Gasteiger partial charge in [-0.15, -0.1) is 10.2 Å². The van der Waals surface area contributed by atoms with Gasteiger partial charge in [-0.3, -0.25) is 4.79 Å². The van der Waals surface area contributed by atoms with Crippen molar-refractivity contribution in [2.24, 2.45) is 18.4 Å². The van der Waals surface area contributed by atoms with E-state index in [2.05, 4.69) is 16.3 Å². The summed E-state index contributed by atoms with van der Waals surface area (Å²) < 4.78 is 51.1. The number of fused-ring (bicyclic) bond motifs is 1. The summed E-state index contributed by atoms with van der Waals surface area (Å²) in [6.07, 6.45) is -0.110. The summed E-state index contributed by atoms with van der Waals surface area (Å²) in [5.41, 5.74) is 0.00344. The van der Waals surface area contributed by atoms with Gasteiger partial charge in [0, 0.05) is 73.3 Å². The summed E-state index contributed by atoms with van der Waals surface area (Å²) in [5.74, 6) is 0.196. The van der Waals surface area contributed by atoms with Gasteiger partial charge < -0.3 is 24.0 Å². The maximum Gasteiger partial charge on any atom is 0.416 e. The number of piperidine rings is 1. The number of carbonyl (C=O) groups excluding carboxylic acids is 2. The van der Waals surface area contributed by atoms with Crippen molar-refractivity contribution in [1.29, 1.82) is 5.26 Å². The third-order valence-electron chi connectivity index (χ3n) is 10.8. The summed E-state index contributed by atoms with van der Waals surface area (Å²) >= 11 is 0. The Hall–Kier alpha value is -4.60. The summed E-state index contributed by atoms with van der Waals surface area (Å²) in [4.78, 5) is 31.5. The predicted molar refractivity (Wildman–Crippen MR) is 175 cm³/mol. The second kappa shape index (κ2) is 11.5. The lowest BCUT2D eigenvalue weighted by molar-refractivity contribution is -0.138. The fourth-order valence-electron chi connectivity index (χ4n) is 8.02. The van der Waals surface area contributed by atoms with Gasteiger partial charge in [-0.05, 0) is 81.8 Å². The van der Waals surface area contributed by atoms with Gasteiger partial charge in [0.05, 0.1) is 18.2 Å². The van der Waals surface area contributed by atoms with Gasteiger partial charge in [-0.1, -0.05) is 12.1 Å². The summed E-state index contributed by atoms with van der Waals surface area (Å²) in [6.45, 7) is 7.47. The number of nitrogens with zero attached hydrogens (tertiary/aromatic N) is 7. The van der Waals surface area contributed by atoms with Crippen LogP contribution in [0.5, 0.6) is 0 Å². The Labute approximate surface area is 283 Å². The molecule has 2 aromatic carbocycles. The molecule has 3 fully saturated rings. The molecule has 10 nitrogen and oxygen atoms in total. The molecule has 3 aromatic rings. The highest BCUT2D eigenvalue weighted by Gasteiger charge is 2.49. The minimum Gasteiger partial charge on any atom is -0.444 e. The Bertz CT molecular complexity index is 1830. The van der Waals surface area contributed by atoms with Gasteiger partial charge >= 0.3 is 12.3 Å². The number of rotatable bonds is 5. The third-order valence-corrected chi connectivity index (χ3v) is 10.8. The normalized spacial score (nSPS) is 23.2. The number of ether oxygens (including phenoxy) is 1. The Kier molecular flexibility index (Phi) is 7.72. The number of amides is 2.